The molecule has 3 heterocycles. The minimum Gasteiger partial charge on any atom is -0.492 e. The van der Waals surface area contributed by atoms with Gasteiger partial charge in [-0.2, -0.15) is 0 Å². The highest BCUT2D eigenvalue weighted by Crippen LogP contribution is 2.16. The van der Waals surface area contributed by atoms with Crippen molar-refractivity contribution in [2.45, 2.75) is 5.16 Å². The molecular formula is C22H25N5O2S2. The first-order valence-corrected chi connectivity index (χ1v) is 12.1. The molecule has 0 bridgehead atoms. The first-order valence-electron chi connectivity index (χ1n) is 10.2. The molecule has 7 nitrogen and oxygen atoms in total. The number of benzene rings is 1. The maximum Gasteiger partial charge on any atom is 0.233 e. The molecule has 0 aliphatic carbocycles. The lowest BCUT2D eigenvalue weighted by Gasteiger charge is -2.34. The number of hydrogen-bond donors (Lipinski definition) is 1. The van der Waals surface area contributed by atoms with Crippen molar-refractivity contribution >= 4 is 41.2 Å². The number of carbonyl (C=O) groups excluding carboxylic acids is 1. The third-order valence-corrected chi connectivity index (χ3v) is 6.57. The number of ether oxygens (including phenoxy) is 1. The summed E-state index contributed by atoms with van der Waals surface area (Å²) in [7, 11) is 0. The van der Waals surface area contributed by atoms with Crippen LogP contribution in [0, 0.1) is 0 Å². The average molecular weight is 456 g/mol. The summed E-state index contributed by atoms with van der Waals surface area (Å²) >= 11 is 3.04. The Kier molecular flexibility index (Phi) is 7.76. The Morgan fingerprint density at radius 3 is 2.74 bits per heavy atom. The zero-order chi connectivity index (χ0) is 21.3. The standard InChI is InChI=1S/C22H25N5O2S2/c28-21(17-31-22-23-20(24-25-22)9-8-19-7-4-16-30-19)27-12-10-26(11-13-27)14-15-29-18-5-2-1-3-6-18/h1-9,16H,10-15,17H2,(H,23,24,25)/b9-8+. The zero-order valence-corrected chi connectivity index (χ0v) is 18.8. The van der Waals surface area contributed by atoms with Crippen molar-refractivity contribution in [3.8, 4) is 5.75 Å². The summed E-state index contributed by atoms with van der Waals surface area (Å²) in [6.07, 6.45) is 3.89. The molecule has 4 rings (SSSR count). The number of para-hydroxylation sites is 1. The molecular weight excluding hydrogens is 430 g/mol. The lowest BCUT2D eigenvalue weighted by atomic mass is 10.3. The van der Waals surface area contributed by atoms with Gasteiger partial charge in [0.1, 0.15) is 18.2 Å². The molecule has 2 aromatic heterocycles. The fraction of sp³-hybridized carbons (Fsp3) is 0.318. The molecule has 1 aromatic carbocycles. The number of amides is 1. The zero-order valence-electron chi connectivity index (χ0n) is 17.1. The SMILES string of the molecule is O=C(CSc1n[nH]c(/C=C/c2cccs2)n1)N1CCN(CCOc2ccccc2)CC1. The number of nitrogens with zero attached hydrogens (tertiary/aromatic N) is 4. The number of thioether (sulfide) groups is 1. The van der Waals surface area contributed by atoms with E-state index in [0.29, 0.717) is 23.3 Å². The summed E-state index contributed by atoms with van der Waals surface area (Å²) in [5.41, 5.74) is 0. The van der Waals surface area contributed by atoms with Crippen molar-refractivity contribution in [3.05, 3.63) is 58.5 Å². The van der Waals surface area contributed by atoms with Gasteiger partial charge in [-0.05, 0) is 35.7 Å². The van der Waals surface area contributed by atoms with Crippen LogP contribution in [0.25, 0.3) is 12.2 Å². The van der Waals surface area contributed by atoms with E-state index in [1.165, 1.54) is 11.8 Å². The number of nitrogens with one attached hydrogen (secondary N) is 1. The second-order valence-electron chi connectivity index (χ2n) is 7.02. The second-order valence-corrected chi connectivity index (χ2v) is 8.95. The molecule has 0 saturated carbocycles. The number of carbonyl (C=O) groups is 1. The third kappa shape index (κ3) is 6.68. The van der Waals surface area contributed by atoms with Crippen LogP contribution in [-0.2, 0) is 4.79 Å². The highest BCUT2D eigenvalue weighted by atomic mass is 32.2. The maximum atomic E-state index is 12.5. The van der Waals surface area contributed by atoms with Gasteiger partial charge in [0.05, 0.1) is 5.75 Å². The Bertz CT molecular complexity index is 967. The summed E-state index contributed by atoms with van der Waals surface area (Å²) in [4.78, 5) is 22.4. The monoisotopic (exact) mass is 455 g/mol. The molecule has 31 heavy (non-hydrogen) atoms. The lowest BCUT2D eigenvalue weighted by Crippen LogP contribution is -2.50. The van der Waals surface area contributed by atoms with Gasteiger partial charge in [-0.15, -0.1) is 16.4 Å². The smallest absolute Gasteiger partial charge is 0.233 e. The molecule has 3 aromatic rings. The molecule has 1 saturated heterocycles. The second kappa shape index (κ2) is 11.1. The van der Waals surface area contributed by atoms with Gasteiger partial charge in [0, 0.05) is 37.6 Å². The first-order chi connectivity index (χ1) is 15.3. The van der Waals surface area contributed by atoms with E-state index in [9.17, 15) is 4.79 Å². The fourth-order valence-corrected chi connectivity index (χ4v) is 4.52. The van der Waals surface area contributed by atoms with Crippen LogP contribution < -0.4 is 4.74 Å². The van der Waals surface area contributed by atoms with Crippen LogP contribution in [0.1, 0.15) is 10.7 Å². The summed E-state index contributed by atoms with van der Waals surface area (Å²) in [5.74, 6) is 2.06. The quantitative estimate of drug-likeness (QED) is 0.499. The van der Waals surface area contributed by atoms with Crippen molar-refractivity contribution in [1.82, 2.24) is 25.0 Å². The van der Waals surface area contributed by atoms with Crippen molar-refractivity contribution < 1.29 is 9.53 Å². The van der Waals surface area contributed by atoms with E-state index >= 15 is 0 Å². The van der Waals surface area contributed by atoms with E-state index in [1.54, 1.807) is 11.3 Å². The molecule has 9 heteroatoms. The summed E-state index contributed by atoms with van der Waals surface area (Å²) in [6.45, 7) is 4.74. The molecule has 1 N–H and O–H groups in total. The predicted molar refractivity (Wildman–Crippen MR) is 125 cm³/mol. The van der Waals surface area contributed by atoms with Gasteiger partial charge >= 0.3 is 0 Å². The van der Waals surface area contributed by atoms with E-state index in [0.717, 1.165) is 43.4 Å². The Morgan fingerprint density at radius 1 is 1.13 bits per heavy atom. The lowest BCUT2D eigenvalue weighted by molar-refractivity contribution is -0.130. The minimum absolute atomic E-state index is 0.130. The van der Waals surface area contributed by atoms with Crippen LogP contribution >= 0.6 is 23.1 Å². The number of hydrogen-bond acceptors (Lipinski definition) is 7. The molecule has 0 spiro atoms. The first kappa shape index (κ1) is 21.6. The Balaban J connectivity index is 1.14. The minimum atomic E-state index is 0.130. The molecule has 1 fully saturated rings. The summed E-state index contributed by atoms with van der Waals surface area (Å²) in [6, 6.07) is 13.9. The van der Waals surface area contributed by atoms with E-state index < -0.39 is 0 Å². The van der Waals surface area contributed by atoms with E-state index in [-0.39, 0.29) is 5.91 Å². The molecule has 1 aliphatic heterocycles. The van der Waals surface area contributed by atoms with Crippen LogP contribution in [-0.4, -0.2) is 76.0 Å². The topological polar surface area (TPSA) is 74.4 Å². The van der Waals surface area contributed by atoms with Crippen molar-refractivity contribution in [2.75, 3.05) is 45.1 Å². The van der Waals surface area contributed by atoms with Crippen LogP contribution in [0.15, 0.2) is 53.0 Å². The number of H-pyrrole nitrogens is 1. The molecule has 0 radical (unpaired) electrons. The van der Waals surface area contributed by atoms with Crippen LogP contribution in [0.5, 0.6) is 5.75 Å². The number of aromatic nitrogens is 3. The molecule has 0 unspecified atom stereocenters. The molecule has 1 amide bonds. The van der Waals surface area contributed by atoms with Gasteiger partial charge in [-0.3, -0.25) is 14.8 Å². The van der Waals surface area contributed by atoms with Gasteiger partial charge in [0.2, 0.25) is 11.1 Å². The predicted octanol–water partition coefficient (Wildman–Crippen LogP) is 3.35. The van der Waals surface area contributed by atoms with Gasteiger partial charge in [-0.25, -0.2) is 4.98 Å². The van der Waals surface area contributed by atoms with E-state index in [1.807, 2.05) is 64.9 Å². The van der Waals surface area contributed by atoms with Gasteiger partial charge in [0.15, 0.2) is 0 Å². The fourth-order valence-electron chi connectivity index (χ4n) is 3.19. The number of thiophene rings is 1. The van der Waals surface area contributed by atoms with Gasteiger partial charge < -0.3 is 9.64 Å². The van der Waals surface area contributed by atoms with Crippen LogP contribution in [0.4, 0.5) is 0 Å². The normalized spacial score (nSPS) is 14.9. The summed E-state index contributed by atoms with van der Waals surface area (Å²) in [5, 5.41) is 9.72. The third-order valence-electron chi connectivity index (χ3n) is 4.90. The maximum absolute atomic E-state index is 12.5. The average Bonchev–Trinajstić information content (AvgIpc) is 3.49. The number of piperazine rings is 1. The largest absolute Gasteiger partial charge is 0.492 e. The Labute approximate surface area is 190 Å². The molecule has 1 aliphatic rings. The van der Waals surface area contributed by atoms with E-state index in [2.05, 4.69) is 20.1 Å². The summed E-state index contributed by atoms with van der Waals surface area (Å²) < 4.78 is 5.76. The van der Waals surface area contributed by atoms with Crippen LogP contribution in [0.3, 0.4) is 0 Å². The highest BCUT2D eigenvalue weighted by molar-refractivity contribution is 7.99. The van der Waals surface area contributed by atoms with Crippen molar-refractivity contribution in [1.29, 1.82) is 0 Å². The van der Waals surface area contributed by atoms with Crippen LogP contribution in [0.2, 0.25) is 0 Å². The van der Waals surface area contributed by atoms with Crippen molar-refractivity contribution in [2.24, 2.45) is 0 Å². The Morgan fingerprint density at radius 2 is 1.97 bits per heavy atom. The van der Waals surface area contributed by atoms with Gasteiger partial charge in [0.25, 0.3) is 0 Å². The molecule has 162 valence electrons. The number of rotatable bonds is 9. The highest BCUT2D eigenvalue weighted by Gasteiger charge is 2.21. The molecule has 0 atom stereocenters. The Hall–Kier alpha value is -2.62. The van der Waals surface area contributed by atoms with Gasteiger partial charge in [-0.1, -0.05) is 36.0 Å². The number of aromatic amines is 1. The van der Waals surface area contributed by atoms with E-state index in [4.69, 9.17) is 4.74 Å². The van der Waals surface area contributed by atoms with Crippen molar-refractivity contribution in [3.63, 3.8) is 0 Å².